The van der Waals surface area contributed by atoms with Gasteiger partial charge in [-0.15, -0.1) is 11.8 Å². The van der Waals surface area contributed by atoms with Crippen molar-refractivity contribution in [1.29, 1.82) is 0 Å². The first-order valence-corrected chi connectivity index (χ1v) is 11.2. The van der Waals surface area contributed by atoms with Gasteiger partial charge in [-0.2, -0.15) is 0 Å². The third kappa shape index (κ3) is 3.51. The molecular weight excluding hydrogens is 368 g/mol. The molecule has 136 valence electrons. The first kappa shape index (κ1) is 17.6. The van der Waals surface area contributed by atoms with Crippen LogP contribution in [0.25, 0.3) is 0 Å². The number of hydrogen-bond donors (Lipinski definition) is 2. The van der Waals surface area contributed by atoms with E-state index < -0.39 is 10.0 Å². The topological polar surface area (TPSA) is 75.3 Å². The van der Waals surface area contributed by atoms with Gasteiger partial charge < -0.3 is 5.32 Å². The van der Waals surface area contributed by atoms with E-state index in [1.165, 1.54) is 5.56 Å². The third-order valence-corrected chi connectivity index (χ3v) is 7.33. The molecule has 0 saturated carbocycles. The molecule has 1 atom stereocenters. The van der Waals surface area contributed by atoms with E-state index >= 15 is 0 Å². The van der Waals surface area contributed by atoms with Gasteiger partial charge in [0.2, 0.25) is 15.9 Å². The van der Waals surface area contributed by atoms with Crippen LogP contribution in [0.1, 0.15) is 36.4 Å². The highest BCUT2D eigenvalue weighted by molar-refractivity contribution is 7.99. The Balaban J connectivity index is 1.63. The molecule has 0 aromatic heterocycles. The molecule has 5 nitrogen and oxygen atoms in total. The largest absolute Gasteiger partial charge is 0.325 e. The number of thioether (sulfide) groups is 1. The molecular formula is C19H20N2O3S2. The number of amides is 1. The van der Waals surface area contributed by atoms with E-state index in [0.29, 0.717) is 17.9 Å². The van der Waals surface area contributed by atoms with Crippen LogP contribution in [-0.2, 0) is 21.2 Å². The summed E-state index contributed by atoms with van der Waals surface area (Å²) in [5, 5.41) is 2.80. The Bertz CT molecular complexity index is 957. The van der Waals surface area contributed by atoms with Crippen LogP contribution < -0.4 is 10.0 Å². The monoisotopic (exact) mass is 388 g/mol. The van der Waals surface area contributed by atoms with Crippen LogP contribution in [0.15, 0.2) is 52.3 Å². The van der Waals surface area contributed by atoms with Gasteiger partial charge in [0.1, 0.15) is 0 Å². The fraction of sp³-hybridized carbons (Fsp3) is 0.316. The molecule has 2 aliphatic rings. The summed E-state index contributed by atoms with van der Waals surface area (Å²) in [4.78, 5) is 12.9. The number of aryl methyl sites for hydroxylation is 1. The van der Waals surface area contributed by atoms with Gasteiger partial charge in [-0.05, 0) is 48.6 Å². The van der Waals surface area contributed by atoms with Crippen molar-refractivity contribution in [3.63, 3.8) is 0 Å². The van der Waals surface area contributed by atoms with Crippen LogP contribution in [0.3, 0.4) is 0 Å². The summed E-state index contributed by atoms with van der Waals surface area (Å²) in [7, 11) is -3.68. The van der Waals surface area contributed by atoms with Crippen LogP contribution in [0, 0.1) is 0 Å². The van der Waals surface area contributed by atoms with E-state index in [9.17, 15) is 13.2 Å². The van der Waals surface area contributed by atoms with Crippen molar-refractivity contribution >= 4 is 33.4 Å². The molecule has 0 saturated heterocycles. The van der Waals surface area contributed by atoms with E-state index in [1.54, 1.807) is 30.0 Å². The standard InChI is InChI=1S/C19H20N2O3S2/c22-19-10-11-25-18-9-8-14(12-17(18)20-19)26(23,24)21-16-7-3-5-13-4-1-2-6-15(13)16/h1-2,4,6,8-9,12,16,21H,3,5,7,10-11H2,(H,20,22)/t16-/m1/s1. The molecule has 0 radical (unpaired) electrons. The van der Waals surface area contributed by atoms with Crippen LogP contribution in [0.2, 0.25) is 0 Å². The Hall–Kier alpha value is -1.83. The maximum Gasteiger partial charge on any atom is 0.241 e. The number of carbonyl (C=O) groups is 1. The number of sulfonamides is 1. The molecule has 7 heteroatoms. The molecule has 1 amide bonds. The highest BCUT2D eigenvalue weighted by Crippen LogP contribution is 2.34. The van der Waals surface area contributed by atoms with Gasteiger partial charge in [-0.25, -0.2) is 13.1 Å². The van der Waals surface area contributed by atoms with Crippen LogP contribution in [0.4, 0.5) is 5.69 Å². The Labute approximate surface area is 157 Å². The Kier molecular flexibility index (Phi) is 4.77. The molecule has 1 aliphatic carbocycles. The smallest absolute Gasteiger partial charge is 0.241 e. The summed E-state index contributed by atoms with van der Waals surface area (Å²) in [5.74, 6) is 0.613. The molecule has 0 bridgehead atoms. The Morgan fingerprint density at radius 3 is 2.85 bits per heavy atom. The Morgan fingerprint density at radius 1 is 1.12 bits per heavy atom. The second-order valence-corrected chi connectivity index (χ2v) is 9.42. The normalized spacial score (nSPS) is 19.8. The van der Waals surface area contributed by atoms with E-state index in [-0.39, 0.29) is 16.8 Å². The lowest BCUT2D eigenvalue weighted by Gasteiger charge is -2.26. The average molecular weight is 389 g/mol. The lowest BCUT2D eigenvalue weighted by atomic mass is 9.88. The zero-order chi connectivity index (χ0) is 18.1. The van der Waals surface area contributed by atoms with Gasteiger partial charge in [0.15, 0.2) is 0 Å². The second-order valence-electron chi connectivity index (χ2n) is 6.57. The van der Waals surface area contributed by atoms with Crippen molar-refractivity contribution in [1.82, 2.24) is 4.72 Å². The zero-order valence-electron chi connectivity index (χ0n) is 14.2. The summed E-state index contributed by atoms with van der Waals surface area (Å²) in [5.41, 5.74) is 2.84. The molecule has 0 unspecified atom stereocenters. The predicted octanol–water partition coefficient (Wildman–Crippen LogP) is 3.48. The van der Waals surface area contributed by atoms with Crippen molar-refractivity contribution in [3.8, 4) is 0 Å². The number of nitrogens with one attached hydrogen (secondary N) is 2. The first-order valence-electron chi connectivity index (χ1n) is 8.70. The molecule has 0 fully saturated rings. The number of carbonyl (C=O) groups excluding carboxylic acids is 1. The van der Waals surface area contributed by atoms with Gasteiger partial charge in [0, 0.05) is 23.1 Å². The van der Waals surface area contributed by atoms with Crippen molar-refractivity contribution in [2.75, 3.05) is 11.1 Å². The number of fused-ring (bicyclic) bond motifs is 2. The van der Waals surface area contributed by atoms with Crippen molar-refractivity contribution in [3.05, 3.63) is 53.6 Å². The highest BCUT2D eigenvalue weighted by atomic mass is 32.2. The third-order valence-electron chi connectivity index (χ3n) is 4.79. The maximum absolute atomic E-state index is 12.9. The predicted molar refractivity (Wildman–Crippen MR) is 103 cm³/mol. The van der Waals surface area contributed by atoms with Gasteiger partial charge in [-0.3, -0.25) is 4.79 Å². The molecule has 4 rings (SSSR count). The summed E-state index contributed by atoms with van der Waals surface area (Å²) < 4.78 is 28.7. The Morgan fingerprint density at radius 2 is 1.96 bits per heavy atom. The summed E-state index contributed by atoms with van der Waals surface area (Å²) in [6.07, 6.45) is 3.16. The van der Waals surface area contributed by atoms with E-state index in [1.807, 2.05) is 18.2 Å². The average Bonchev–Trinajstić information content (AvgIpc) is 2.81. The number of benzene rings is 2. The molecule has 2 aromatic carbocycles. The van der Waals surface area contributed by atoms with Crippen LogP contribution in [0.5, 0.6) is 0 Å². The van der Waals surface area contributed by atoms with Gasteiger partial charge in [0.05, 0.1) is 10.6 Å². The van der Waals surface area contributed by atoms with Gasteiger partial charge in [-0.1, -0.05) is 24.3 Å². The summed E-state index contributed by atoms with van der Waals surface area (Å²) >= 11 is 1.56. The van der Waals surface area contributed by atoms with Gasteiger partial charge in [0.25, 0.3) is 0 Å². The lowest BCUT2D eigenvalue weighted by molar-refractivity contribution is -0.115. The van der Waals surface area contributed by atoms with E-state index in [2.05, 4.69) is 16.1 Å². The van der Waals surface area contributed by atoms with Crippen molar-refractivity contribution in [2.24, 2.45) is 0 Å². The van der Waals surface area contributed by atoms with Crippen LogP contribution in [-0.4, -0.2) is 20.1 Å². The van der Waals surface area contributed by atoms with Gasteiger partial charge >= 0.3 is 0 Å². The van der Waals surface area contributed by atoms with E-state index in [0.717, 1.165) is 29.7 Å². The second kappa shape index (κ2) is 7.06. The maximum atomic E-state index is 12.9. The number of hydrogen-bond acceptors (Lipinski definition) is 4. The zero-order valence-corrected chi connectivity index (χ0v) is 15.8. The number of rotatable bonds is 3. The molecule has 2 N–H and O–H groups in total. The molecule has 26 heavy (non-hydrogen) atoms. The fourth-order valence-electron chi connectivity index (χ4n) is 3.50. The van der Waals surface area contributed by atoms with E-state index in [4.69, 9.17) is 0 Å². The van der Waals surface area contributed by atoms with Crippen molar-refractivity contribution < 1.29 is 13.2 Å². The quantitative estimate of drug-likeness (QED) is 0.844. The molecule has 1 aliphatic heterocycles. The molecule has 1 heterocycles. The minimum absolute atomic E-state index is 0.0834. The van der Waals surface area contributed by atoms with Crippen LogP contribution >= 0.6 is 11.8 Å². The lowest BCUT2D eigenvalue weighted by Crippen LogP contribution is -2.31. The van der Waals surface area contributed by atoms with Crippen molar-refractivity contribution in [2.45, 2.75) is 41.5 Å². The minimum Gasteiger partial charge on any atom is -0.325 e. The highest BCUT2D eigenvalue weighted by Gasteiger charge is 2.26. The fourth-order valence-corrected chi connectivity index (χ4v) is 5.71. The minimum atomic E-state index is -3.68. The SMILES string of the molecule is O=C1CCSc2ccc(S(=O)(=O)N[C@@H]3CCCc4ccccc43)cc2N1. The molecule has 2 aromatic rings. The first-order chi connectivity index (χ1) is 12.5. The summed E-state index contributed by atoms with van der Waals surface area (Å²) in [6.45, 7) is 0. The summed E-state index contributed by atoms with van der Waals surface area (Å²) in [6, 6.07) is 12.7. The molecule has 0 spiro atoms. The number of anilines is 1.